The van der Waals surface area contributed by atoms with E-state index < -0.39 is 11.9 Å². The minimum absolute atomic E-state index is 0.190. The number of halogens is 1. The molecular weight excluding hydrogens is 283 g/mol. The fraction of sp³-hybridized carbons (Fsp3) is 0.176. The van der Waals surface area contributed by atoms with E-state index in [0.29, 0.717) is 12.1 Å². The highest BCUT2D eigenvalue weighted by Gasteiger charge is 2.36. The van der Waals surface area contributed by atoms with Crippen molar-refractivity contribution in [2.24, 2.45) is 0 Å². The van der Waals surface area contributed by atoms with E-state index in [1.165, 1.54) is 30.0 Å². The van der Waals surface area contributed by atoms with Crippen LogP contribution in [0.2, 0.25) is 0 Å². The van der Waals surface area contributed by atoms with Crippen LogP contribution in [-0.4, -0.2) is 17.9 Å². The Morgan fingerprint density at radius 2 is 1.95 bits per heavy atom. The van der Waals surface area contributed by atoms with Crippen molar-refractivity contribution in [3.05, 3.63) is 59.9 Å². The standard InChI is InChI=1S/C17H15FN2O2/c1-11(21)20-15-8-3-2-5-12(15)9-16(20)17(22)19-14-7-4-6-13(18)10-14/h2-8,10,16H,9H2,1H3,(H,19,22)/t16-/m0/s1. The predicted octanol–water partition coefficient (Wildman–Crippen LogP) is 2.74. The SMILES string of the molecule is CC(=O)N1c2ccccc2C[C@H]1C(=O)Nc1cccc(F)c1. The number of nitrogens with zero attached hydrogens (tertiary/aromatic N) is 1. The molecule has 22 heavy (non-hydrogen) atoms. The molecule has 2 amide bonds. The molecule has 1 aliphatic rings. The van der Waals surface area contributed by atoms with Gasteiger partial charge in [-0.15, -0.1) is 0 Å². The van der Waals surface area contributed by atoms with Crippen LogP contribution in [0.5, 0.6) is 0 Å². The number of rotatable bonds is 2. The lowest BCUT2D eigenvalue weighted by Gasteiger charge is -2.23. The molecule has 1 atom stereocenters. The van der Waals surface area contributed by atoms with Crippen LogP contribution in [0, 0.1) is 5.82 Å². The summed E-state index contributed by atoms with van der Waals surface area (Å²) < 4.78 is 13.2. The molecule has 1 heterocycles. The topological polar surface area (TPSA) is 49.4 Å². The summed E-state index contributed by atoms with van der Waals surface area (Å²) in [5.41, 5.74) is 2.09. The van der Waals surface area contributed by atoms with Gasteiger partial charge in [0, 0.05) is 24.7 Å². The number of carbonyl (C=O) groups excluding carboxylic acids is 2. The molecule has 2 aromatic rings. The second-order valence-corrected chi connectivity index (χ2v) is 5.24. The number of hydrogen-bond acceptors (Lipinski definition) is 2. The van der Waals surface area contributed by atoms with E-state index in [1.54, 1.807) is 6.07 Å². The molecule has 0 spiro atoms. The van der Waals surface area contributed by atoms with Crippen molar-refractivity contribution in [1.29, 1.82) is 0 Å². The van der Waals surface area contributed by atoms with Crippen molar-refractivity contribution in [3.63, 3.8) is 0 Å². The fourth-order valence-electron chi connectivity index (χ4n) is 2.78. The van der Waals surface area contributed by atoms with Gasteiger partial charge in [0.2, 0.25) is 11.8 Å². The number of carbonyl (C=O) groups is 2. The lowest BCUT2D eigenvalue weighted by atomic mass is 10.1. The van der Waals surface area contributed by atoms with Gasteiger partial charge < -0.3 is 5.32 Å². The molecule has 1 aliphatic heterocycles. The molecule has 0 unspecified atom stereocenters. The predicted molar refractivity (Wildman–Crippen MR) is 82.1 cm³/mol. The zero-order valence-electron chi connectivity index (χ0n) is 12.0. The first-order valence-electron chi connectivity index (χ1n) is 7.00. The van der Waals surface area contributed by atoms with Crippen LogP contribution in [0.15, 0.2) is 48.5 Å². The lowest BCUT2D eigenvalue weighted by molar-refractivity contribution is -0.122. The van der Waals surface area contributed by atoms with Crippen LogP contribution in [-0.2, 0) is 16.0 Å². The van der Waals surface area contributed by atoms with Gasteiger partial charge in [-0.2, -0.15) is 0 Å². The van der Waals surface area contributed by atoms with E-state index in [2.05, 4.69) is 5.32 Å². The number of nitrogens with one attached hydrogen (secondary N) is 1. The second-order valence-electron chi connectivity index (χ2n) is 5.24. The average Bonchev–Trinajstić information content (AvgIpc) is 2.87. The minimum atomic E-state index is -0.613. The first-order chi connectivity index (χ1) is 10.6. The van der Waals surface area contributed by atoms with Gasteiger partial charge in [-0.05, 0) is 29.8 Å². The molecule has 3 rings (SSSR count). The van der Waals surface area contributed by atoms with E-state index in [-0.39, 0.29) is 11.8 Å². The maximum absolute atomic E-state index is 13.2. The van der Waals surface area contributed by atoms with Gasteiger partial charge in [-0.25, -0.2) is 4.39 Å². The Kier molecular flexibility index (Phi) is 3.63. The largest absolute Gasteiger partial charge is 0.324 e. The smallest absolute Gasteiger partial charge is 0.247 e. The van der Waals surface area contributed by atoms with E-state index in [9.17, 15) is 14.0 Å². The summed E-state index contributed by atoms with van der Waals surface area (Å²) in [6.45, 7) is 1.44. The summed E-state index contributed by atoms with van der Waals surface area (Å²) in [5, 5.41) is 2.67. The highest BCUT2D eigenvalue weighted by Crippen LogP contribution is 2.32. The molecule has 112 valence electrons. The van der Waals surface area contributed by atoms with Crippen LogP contribution in [0.25, 0.3) is 0 Å². The van der Waals surface area contributed by atoms with E-state index in [0.717, 1.165) is 11.3 Å². The molecular formula is C17H15FN2O2. The minimum Gasteiger partial charge on any atom is -0.324 e. The second kappa shape index (κ2) is 5.60. The van der Waals surface area contributed by atoms with Crippen molar-refractivity contribution >= 4 is 23.2 Å². The van der Waals surface area contributed by atoms with E-state index in [4.69, 9.17) is 0 Å². The first-order valence-corrected chi connectivity index (χ1v) is 7.00. The van der Waals surface area contributed by atoms with E-state index >= 15 is 0 Å². The third-order valence-electron chi connectivity index (χ3n) is 3.71. The van der Waals surface area contributed by atoms with Crippen LogP contribution in [0.1, 0.15) is 12.5 Å². The van der Waals surface area contributed by atoms with Crippen LogP contribution >= 0.6 is 0 Å². The summed E-state index contributed by atoms with van der Waals surface area (Å²) in [5.74, 6) is -0.933. The van der Waals surface area contributed by atoms with Crippen LogP contribution in [0.3, 0.4) is 0 Å². The van der Waals surface area contributed by atoms with E-state index in [1.807, 2.05) is 24.3 Å². The van der Waals surface area contributed by atoms with Crippen LogP contribution < -0.4 is 10.2 Å². The summed E-state index contributed by atoms with van der Waals surface area (Å²) in [7, 11) is 0. The van der Waals surface area contributed by atoms with Crippen molar-refractivity contribution in [2.45, 2.75) is 19.4 Å². The van der Waals surface area contributed by atoms with Gasteiger partial charge in [-0.3, -0.25) is 14.5 Å². The molecule has 0 saturated carbocycles. The average molecular weight is 298 g/mol. The zero-order chi connectivity index (χ0) is 15.7. The Bertz CT molecular complexity index is 745. The molecule has 5 heteroatoms. The van der Waals surface area contributed by atoms with Crippen molar-refractivity contribution < 1.29 is 14.0 Å². The number of benzene rings is 2. The fourth-order valence-corrected chi connectivity index (χ4v) is 2.78. The molecule has 4 nitrogen and oxygen atoms in total. The lowest BCUT2D eigenvalue weighted by Crippen LogP contribution is -2.44. The molecule has 2 aromatic carbocycles. The van der Waals surface area contributed by atoms with Gasteiger partial charge in [-0.1, -0.05) is 24.3 Å². The monoisotopic (exact) mass is 298 g/mol. The molecule has 0 bridgehead atoms. The number of fused-ring (bicyclic) bond motifs is 1. The maximum atomic E-state index is 13.2. The van der Waals surface area contributed by atoms with Crippen LogP contribution in [0.4, 0.5) is 15.8 Å². The number of anilines is 2. The van der Waals surface area contributed by atoms with Gasteiger partial charge in [0.1, 0.15) is 11.9 Å². The summed E-state index contributed by atoms with van der Waals surface area (Å²) in [4.78, 5) is 25.9. The third-order valence-corrected chi connectivity index (χ3v) is 3.71. The molecule has 0 aromatic heterocycles. The Morgan fingerprint density at radius 3 is 2.68 bits per heavy atom. The Labute approximate surface area is 127 Å². The number of para-hydroxylation sites is 1. The Hall–Kier alpha value is -2.69. The van der Waals surface area contributed by atoms with Crippen molar-refractivity contribution in [2.75, 3.05) is 10.2 Å². The van der Waals surface area contributed by atoms with Gasteiger partial charge in [0.15, 0.2) is 0 Å². The summed E-state index contributed by atoms with van der Waals surface area (Å²) >= 11 is 0. The quantitative estimate of drug-likeness (QED) is 0.927. The Balaban J connectivity index is 1.85. The normalized spacial score (nSPS) is 16.3. The molecule has 1 N–H and O–H groups in total. The molecule has 0 aliphatic carbocycles. The highest BCUT2D eigenvalue weighted by atomic mass is 19.1. The third kappa shape index (κ3) is 2.57. The summed E-state index contributed by atoms with van der Waals surface area (Å²) in [6.07, 6.45) is 0.455. The maximum Gasteiger partial charge on any atom is 0.247 e. The van der Waals surface area contributed by atoms with Gasteiger partial charge >= 0.3 is 0 Å². The molecule has 0 radical (unpaired) electrons. The van der Waals surface area contributed by atoms with Crippen molar-refractivity contribution in [3.8, 4) is 0 Å². The van der Waals surface area contributed by atoms with Gasteiger partial charge in [0.05, 0.1) is 0 Å². The van der Waals surface area contributed by atoms with Gasteiger partial charge in [0.25, 0.3) is 0 Å². The highest BCUT2D eigenvalue weighted by molar-refractivity contribution is 6.06. The molecule has 0 fully saturated rings. The Morgan fingerprint density at radius 1 is 1.18 bits per heavy atom. The zero-order valence-corrected chi connectivity index (χ0v) is 12.0. The first kappa shape index (κ1) is 14.3. The summed E-state index contributed by atoms with van der Waals surface area (Å²) in [6, 6.07) is 12.5. The number of hydrogen-bond donors (Lipinski definition) is 1. The van der Waals surface area contributed by atoms with Crippen molar-refractivity contribution in [1.82, 2.24) is 0 Å². The molecule has 0 saturated heterocycles. The number of amides is 2.